The molecule has 0 aliphatic carbocycles. The van der Waals surface area contributed by atoms with E-state index in [1.165, 1.54) is 5.56 Å². The van der Waals surface area contributed by atoms with Gasteiger partial charge in [-0.3, -0.25) is 9.59 Å². The summed E-state index contributed by atoms with van der Waals surface area (Å²) < 4.78 is 5.55. The molecule has 1 fully saturated rings. The molecule has 2 aromatic carbocycles. The average molecular weight is 479 g/mol. The van der Waals surface area contributed by atoms with Crippen LogP contribution < -0.4 is 4.74 Å². The smallest absolute Gasteiger partial charge is 0.295 e. The second-order valence-electron chi connectivity index (χ2n) is 10.2. The Labute approximate surface area is 209 Å². The third kappa shape index (κ3) is 5.27. The molecule has 0 radical (unpaired) electrons. The number of benzene rings is 2. The van der Waals surface area contributed by atoms with Crippen LogP contribution in [0, 0.1) is 6.92 Å². The fourth-order valence-corrected chi connectivity index (χ4v) is 4.55. The number of ether oxygens (including phenoxy) is 1. The molecule has 0 aromatic heterocycles. The highest BCUT2D eigenvalue weighted by Crippen LogP contribution is 2.41. The quantitative estimate of drug-likeness (QED) is 0.319. The molecular formula is C29H38N2O4. The fourth-order valence-electron chi connectivity index (χ4n) is 4.55. The van der Waals surface area contributed by atoms with E-state index < -0.39 is 17.7 Å². The van der Waals surface area contributed by atoms with Crippen molar-refractivity contribution in [3.05, 3.63) is 69.8 Å². The highest BCUT2D eigenvalue weighted by atomic mass is 16.5. The van der Waals surface area contributed by atoms with Gasteiger partial charge in [0.15, 0.2) is 0 Å². The molecule has 1 aliphatic heterocycles. The van der Waals surface area contributed by atoms with Crippen molar-refractivity contribution in [2.24, 2.45) is 0 Å². The van der Waals surface area contributed by atoms with Crippen molar-refractivity contribution in [2.45, 2.75) is 52.5 Å². The lowest BCUT2D eigenvalue weighted by Gasteiger charge is -2.27. The minimum Gasteiger partial charge on any atom is -0.507 e. The van der Waals surface area contributed by atoms with E-state index in [9.17, 15) is 14.7 Å². The SMILES string of the molecule is COc1cc(C)c(/C(O)=C2\C(=O)C(=O)N(CCN(C)C)C2c2ccc(C(C)C)cc2)cc1C(C)C. The third-order valence-corrected chi connectivity index (χ3v) is 6.70. The van der Waals surface area contributed by atoms with Crippen molar-refractivity contribution in [3.8, 4) is 5.75 Å². The molecule has 35 heavy (non-hydrogen) atoms. The average Bonchev–Trinajstić information content (AvgIpc) is 3.06. The first-order valence-electron chi connectivity index (χ1n) is 12.2. The number of amides is 1. The summed E-state index contributed by atoms with van der Waals surface area (Å²) in [5.74, 6) is -0.126. The predicted molar refractivity (Wildman–Crippen MR) is 140 cm³/mol. The molecule has 0 saturated carbocycles. The molecule has 1 atom stereocenters. The predicted octanol–water partition coefficient (Wildman–Crippen LogP) is 5.23. The lowest BCUT2D eigenvalue weighted by Crippen LogP contribution is -2.35. The summed E-state index contributed by atoms with van der Waals surface area (Å²) in [6.45, 7) is 11.2. The number of likely N-dealkylation sites (N-methyl/N-ethyl adjacent to an activating group) is 1. The molecule has 0 spiro atoms. The van der Waals surface area contributed by atoms with E-state index in [0.717, 1.165) is 22.4 Å². The van der Waals surface area contributed by atoms with Gasteiger partial charge in [-0.25, -0.2) is 0 Å². The van der Waals surface area contributed by atoms with Crippen LogP contribution in [-0.2, 0) is 9.59 Å². The maximum absolute atomic E-state index is 13.3. The molecule has 188 valence electrons. The fraction of sp³-hybridized carbons (Fsp3) is 0.448. The van der Waals surface area contributed by atoms with Crippen molar-refractivity contribution in [1.82, 2.24) is 9.80 Å². The number of methoxy groups -OCH3 is 1. The lowest BCUT2D eigenvalue weighted by atomic mass is 9.90. The first-order valence-corrected chi connectivity index (χ1v) is 12.2. The van der Waals surface area contributed by atoms with Crippen LogP contribution >= 0.6 is 0 Å². The van der Waals surface area contributed by atoms with Gasteiger partial charge in [-0.15, -0.1) is 0 Å². The van der Waals surface area contributed by atoms with Crippen LogP contribution in [0.1, 0.15) is 73.4 Å². The van der Waals surface area contributed by atoms with Gasteiger partial charge in [-0.1, -0.05) is 52.0 Å². The Bertz CT molecular complexity index is 1130. The second kappa shape index (κ2) is 10.6. The van der Waals surface area contributed by atoms with E-state index in [-0.39, 0.29) is 17.3 Å². The minimum absolute atomic E-state index is 0.133. The highest BCUT2D eigenvalue weighted by molar-refractivity contribution is 6.46. The molecular weight excluding hydrogens is 440 g/mol. The number of likely N-dealkylation sites (tertiary alicyclic amines) is 1. The molecule has 1 heterocycles. The molecule has 0 bridgehead atoms. The maximum Gasteiger partial charge on any atom is 0.295 e. The van der Waals surface area contributed by atoms with Gasteiger partial charge >= 0.3 is 0 Å². The number of nitrogens with zero attached hydrogens (tertiary/aromatic N) is 2. The van der Waals surface area contributed by atoms with Gasteiger partial charge in [0, 0.05) is 18.7 Å². The largest absolute Gasteiger partial charge is 0.507 e. The monoisotopic (exact) mass is 478 g/mol. The van der Waals surface area contributed by atoms with Crippen LogP contribution in [0.15, 0.2) is 42.0 Å². The van der Waals surface area contributed by atoms with Gasteiger partial charge < -0.3 is 19.6 Å². The van der Waals surface area contributed by atoms with Crippen molar-refractivity contribution in [1.29, 1.82) is 0 Å². The zero-order valence-electron chi connectivity index (χ0n) is 22.2. The Morgan fingerprint density at radius 1 is 1.06 bits per heavy atom. The molecule has 1 amide bonds. The third-order valence-electron chi connectivity index (χ3n) is 6.70. The number of hydrogen-bond acceptors (Lipinski definition) is 5. The molecule has 2 aromatic rings. The number of rotatable bonds is 8. The summed E-state index contributed by atoms with van der Waals surface area (Å²) in [4.78, 5) is 30.1. The number of aryl methyl sites for hydroxylation is 1. The van der Waals surface area contributed by atoms with Gasteiger partial charge in [0.1, 0.15) is 11.5 Å². The van der Waals surface area contributed by atoms with E-state index in [0.29, 0.717) is 24.6 Å². The van der Waals surface area contributed by atoms with E-state index in [1.54, 1.807) is 12.0 Å². The van der Waals surface area contributed by atoms with Gasteiger partial charge in [0.05, 0.1) is 18.7 Å². The molecule has 3 rings (SSSR count). The summed E-state index contributed by atoms with van der Waals surface area (Å²) in [5.41, 5.74) is 4.37. The number of carbonyl (C=O) groups excluding carboxylic acids is 2. The Morgan fingerprint density at radius 3 is 2.20 bits per heavy atom. The zero-order chi connectivity index (χ0) is 26.0. The normalized spacial score (nSPS) is 17.8. The standard InChI is InChI=1S/C29H38N2O4/c1-17(2)20-9-11-21(12-10-20)26-25(28(33)29(34)31(26)14-13-30(6)7)27(32)23-16-22(18(3)4)24(35-8)15-19(23)5/h9-12,15-18,26,32H,13-14H2,1-8H3/b27-25+. The van der Waals surface area contributed by atoms with Crippen molar-refractivity contribution < 1.29 is 19.4 Å². The van der Waals surface area contributed by atoms with E-state index >= 15 is 0 Å². The van der Waals surface area contributed by atoms with Gasteiger partial charge in [0.2, 0.25) is 0 Å². The van der Waals surface area contributed by atoms with Crippen molar-refractivity contribution in [3.63, 3.8) is 0 Å². The van der Waals surface area contributed by atoms with Crippen LogP contribution in [-0.4, -0.2) is 60.9 Å². The number of ketones is 1. The summed E-state index contributed by atoms with van der Waals surface area (Å²) in [5, 5.41) is 11.6. The number of Topliss-reactive ketones (excluding diaryl/α,β-unsaturated/α-hetero) is 1. The Morgan fingerprint density at radius 2 is 1.69 bits per heavy atom. The molecule has 6 heteroatoms. The summed E-state index contributed by atoms with van der Waals surface area (Å²) >= 11 is 0. The van der Waals surface area contributed by atoms with E-state index in [2.05, 4.69) is 13.8 Å². The Hall–Kier alpha value is -3.12. The minimum atomic E-state index is -0.653. The van der Waals surface area contributed by atoms with Crippen LogP contribution in [0.25, 0.3) is 5.76 Å². The molecule has 1 unspecified atom stereocenters. The van der Waals surface area contributed by atoms with Gasteiger partial charge in [-0.05, 0) is 67.2 Å². The first kappa shape index (κ1) is 26.5. The summed E-state index contributed by atoms with van der Waals surface area (Å²) in [7, 11) is 5.48. The number of carbonyl (C=O) groups is 2. The highest BCUT2D eigenvalue weighted by Gasteiger charge is 2.46. The summed E-state index contributed by atoms with van der Waals surface area (Å²) in [6, 6.07) is 11.1. The molecule has 1 aliphatic rings. The van der Waals surface area contributed by atoms with E-state index in [4.69, 9.17) is 4.74 Å². The second-order valence-corrected chi connectivity index (χ2v) is 10.2. The topological polar surface area (TPSA) is 70.1 Å². The lowest BCUT2D eigenvalue weighted by molar-refractivity contribution is -0.140. The molecule has 6 nitrogen and oxygen atoms in total. The Balaban J connectivity index is 2.22. The van der Waals surface area contributed by atoms with Crippen molar-refractivity contribution >= 4 is 17.4 Å². The Kier molecular flexibility index (Phi) is 8.06. The number of hydrogen-bond donors (Lipinski definition) is 1. The zero-order valence-corrected chi connectivity index (χ0v) is 22.2. The molecule has 1 saturated heterocycles. The maximum atomic E-state index is 13.3. The summed E-state index contributed by atoms with van der Waals surface area (Å²) in [6.07, 6.45) is 0. The molecule has 1 N–H and O–H groups in total. The van der Waals surface area contributed by atoms with Crippen LogP contribution in [0.5, 0.6) is 5.75 Å². The first-order chi connectivity index (χ1) is 16.5. The number of aliphatic hydroxyl groups is 1. The van der Waals surface area contributed by atoms with Crippen LogP contribution in [0.4, 0.5) is 0 Å². The van der Waals surface area contributed by atoms with Crippen LogP contribution in [0.3, 0.4) is 0 Å². The van der Waals surface area contributed by atoms with Crippen LogP contribution in [0.2, 0.25) is 0 Å². The number of aliphatic hydroxyl groups excluding tert-OH is 1. The van der Waals surface area contributed by atoms with E-state index in [1.807, 2.05) is 76.2 Å². The van der Waals surface area contributed by atoms with Gasteiger partial charge in [-0.2, -0.15) is 0 Å². The van der Waals surface area contributed by atoms with Gasteiger partial charge in [0.25, 0.3) is 11.7 Å². The van der Waals surface area contributed by atoms with Crippen molar-refractivity contribution in [2.75, 3.05) is 34.3 Å².